The van der Waals surface area contributed by atoms with Crippen molar-refractivity contribution in [3.8, 4) is 0 Å². The Labute approximate surface area is 113 Å². The van der Waals surface area contributed by atoms with Crippen LogP contribution in [0.4, 0.5) is 0 Å². The predicted octanol–water partition coefficient (Wildman–Crippen LogP) is 4.24. The molecular weight excluding hydrogens is 303 g/mol. The van der Waals surface area contributed by atoms with Gasteiger partial charge in [0.25, 0.3) is 0 Å². The van der Waals surface area contributed by atoms with Crippen LogP contribution in [0.2, 0.25) is 0 Å². The first kappa shape index (κ1) is 12.7. The molecule has 0 radical (unpaired) electrons. The van der Waals surface area contributed by atoms with Crippen LogP contribution in [0.1, 0.15) is 18.2 Å². The Balaban J connectivity index is 2.42. The highest BCUT2D eigenvalue weighted by molar-refractivity contribution is 9.10. The van der Waals surface area contributed by atoms with Crippen LogP contribution >= 0.6 is 27.5 Å². The molecule has 2 rings (SSSR count). The van der Waals surface area contributed by atoms with Crippen molar-refractivity contribution in [3.63, 3.8) is 0 Å². The van der Waals surface area contributed by atoms with Crippen molar-refractivity contribution in [2.45, 2.75) is 25.6 Å². The number of halogens is 2. The lowest BCUT2D eigenvalue weighted by Gasteiger charge is -2.00. The number of hydrogen-bond acceptors (Lipinski definition) is 2. The van der Waals surface area contributed by atoms with E-state index in [0.29, 0.717) is 5.76 Å². The lowest BCUT2D eigenvalue weighted by Crippen LogP contribution is -2.13. The van der Waals surface area contributed by atoms with E-state index < -0.39 is 5.38 Å². The summed E-state index contributed by atoms with van der Waals surface area (Å²) in [5.41, 5.74) is 1.81. The maximum Gasteiger partial charge on any atom is 0.157 e. The normalized spacial score (nSPS) is 12.9. The number of Topliss-reactive ketones (excluding diaryl/α,β-unsaturated/α-hetero) is 1. The Morgan fingerprint density at radius 2 is 2.24 bits per heavy atom. The molecule has 0 amide bonds. The minimum absolute atomic E-state index is 0.0205. The molecule has 0 aliphatic heterocycles. The Hall–Kier alpha value is -0.800. The SMILES string of the molecule is Cc1c(CC(=O)C(C)Cl)oc2ccc(Br)cc12. The van der Waals surface area contributed by atoms with Crippen LogP contribution in [0.5, 0.6) is 0 Å². The number of aryl methyl sites for hydroxylation is 1. The molecule has 1 unspecified atom stereocenters. The summed E-state index contributed by atoms with van der Waals surface area (Å²) in [6.45, 7) is 3.64. The number of benzene rings is 1. The van der Waals surface area contributed by atoms with E-state index in [-0.39, 0.29) is 12.2 Å². The Morgan fingerprint density at radius 3 is 2.88 bits per heavy atom. The Morgan fingerprint density at radius 1 is 1.53 bits per heavy atom. The number of alkyl halides is 1. The third-order valence-corrected chi connectivity index (χ3v) is 3.51. The highest BCUT2D eigenvalue weighted by atomic mass is 79.9. The maximum atomic E-state index is 11.6. The molecule has 90 valence electrons. The smallest absolute Gasteiger partial charge is 0.157 e. The molecule has 4 heteroatoms. The van der Waals surface area contributed by atoms with Crippen LogP contribution in [0, 0.1) is 6.92 Å². The van der Waals surface area contributed by atoms with Crippen molar-refractivity contribution in [2.24, 2.45) is 0 Å². The molecule has 1 aromatic carbocycles. The standard InChI is InChI=1S/C13H12BrClO2/c1-7-10-5-9(14)3-4-12(10)17-13(7)6-11(16)8(2)15/h3-5,8H,6H2,1-2H3. The maximum absolute atomic E-state index is 11.6. The van der Waals surface area contributed by atoms with Gasteiger partial charge in [-0.25, -0.2) is 0 Å². The van der Waals surface area contributed by atoms with Gasteiger partial charge in [0.15, 0.2) is 5.78 Å². The van der Waals surface area contributed by atoms with Gasteiger partial charge in [0, 0.05) is 9.86 Å². The monoisotopic (exact) mass is 314 g/mol. The van der Waals surface area contributed by atoms with Gasteiger partial charge < -0.3 is 4.42 Å². The molecule has 0 aliphatic carbocycles. The third-order valence-electron chi connectivity index (χ3n) is 2.78. The van der Waals surface area contributed by atoms with E-state index in [0.717, 1.165) is 21.0 Å². The summed E-state index contributed by atoms with van der Waals surface area (Å²) in [7, 11) is 0. The zero-order valence-corrected chi connectivity index (χ0v) is 11.9. The molecule has 1 heterocycles. The lowest BCUT2D eigenvalue weighted by atomic mass is 10.1. The summed E-state index contributed by atoms with van der Waals surface area (Å²) in [4.78, 5) is 11.6. The van der Waals surface area contributed by atoms with Gasteiger partial charge in [-0.15, -0.1) is 11.6 Å². The quantitative estimate of drug-likeness (QED) is 0.793. The highest BCUT2D eigenvalue weighted by Gasteiger charge is 2.16. The second kappa shape index (κ2) is 4.83. The molecular formula is C13H12BrClO2. The first-order valence-corrected chi connectivity index (χ1v) is 6.56. The van der Waals surface area contributed by atoms with Crippen molar-refractivity contribution in [3.05, 3.63) is 34.0 Å². The van der Waals surface area contributed by atoms with Crippen LogP contribution < -0.4 is 0 Å². The summed E-state index contributed by atoms with van der Waals surface area (Å²) in [6.07, 6.45) is 0.253. The van der Waals surface area contributed by atoms with Crippen LogP contribution in [0.3, 0.4) is 0 Å². The zero-order valence-electron chi connectivity index (χ0n) is 9.59. The van der Waals surface area contributed by atoms with E-state index in [1.54, 1.807) is 6.92 Å². The molecule has 0 bridgehead atoms. The molecule has 0 N–H and O–H groups in total. The van der Waals surface area contributed by atoms with E-state index in [9.17, 15) is 4.79 Å². The molecule has 0 saturated carbocycles. The lowest BCUT2D eigenvalue weighted by molar-refractivity contribution is -0.118. The number of fused-ring (bicyclic) bond motifs is 1. The van der Waals surface area contributed by atoms with Crippen molar-refractivity contribution >= 4 is 44.3 Å². The first-order chi connectivity index (χ1) is 7.99. The average molecular weight is 316 g/mol. The zero-order chi connectivity index (χ0) is 12.6. The highest BCUT2D eigenvalue weighted by Crippen LogP contribution is 2.28. The van der Waals surface area contributed by atoms with Gasteiger partial charge >= 0.3 is 0 Å². The summed E-state index contributed by atoms with van der Waals surface area (Å²) in [6, 6.07) is 5.80. The minimum atomic E-state index is -0.477. The fourth-order valence-electron chi connectivity index (χ4n) is 1.71. The van der Waals surface area contributed by atoms with E-state index in [1.807, 2.05) is 25.1 Å². The topological polar surface area (TPSA) is 30.2 Å². The molecule has 2 nitrogen and oxygen atoms in total. The molecule has 0 aliphatic rings. The van der Waals surface area contributed by atoms with Gasteiger partial charge in [-0.3, -0.25) is 4.79 Å². The van der Waals surface area contributed by atoms with Gasteiger partial charge in [-0.1, -0.05) is 15.9 Å². The molecule has 0 spiro atoms. The number of hydrogen-bond donors (Lipinski definition) is 0. The first-order valence-electron chi connectivity index (χ1n) is 5.33. The Bertz CT molecular complexity index is 572. The second-order valence-electron chi connectivity index (χ2n) is 4.05. The molecule has 0 saturated heterocycles. The van der Waals surface area contributed by atoms with E-state index in [4.69, 9.17) is 16.0 Å². The average Bonchev–Trinajstić information content (AvgIpc) is 2.56. The van der Waals surface area contributed by atoms with Crippen molar-refractivity contribution in [2.75, 3.05) is 0 Å². The third kappa shape index (κ3) is 2.55. The van der Waals surface area contributed by atoms with Gasteiger partial charge in [-0.2, -0.15) is 0 Å². The predicted molar refractivity (Wildman–Crippen MR) is 72.7 cm³/mol. The van der Waals surface area contributed by atoms with Gasteiger partial charge in [0.2, 0.25) is 0 Å². The molecule has 17 heavy (non-hydrogen) atoms. The minimum Gasteiger partial charge on any atom is -0.460 e. The van der Waals surface area contributed by atoms with Crippen molar-refractivity contribution in [1.29, 1.82) is 0 Å². The van der Waals surface area contributed by atoms with Crippen molar-refractivity contribution in [1.82, 2.24) is 0 Å². The fourth-order valence-corrected chi connectivity index (χ4v) is 2.15. The van der Waals surface area contributed by atoms with E-state index in [1.165, 1.54) is 0 Å². The number of carbonyl (C=O) groups is 1. The Kier molecular flexibility index (Phi) is 3.59. The summed E-state index contributed by atoms with van der Waals surface area (Å²) < 4.78 is 6.67. The molecule has 2 aromatic rings. The van der Waals surface area contributed by atoms with Crippen molar-refractivity contribution < 1.29 is 9.21 Å². The number of rotatable bonds is 3. The molecule has 0 fully saturated rings. The largest absolute Gasteiger partial charge is 0.460 e. The van der Waals surface area contributed by atoms with Gasteiger partial charge in [0.1, 0.15) is 11.3 Å². The van der Waals surface area contributed by atoms with Crippen LogP contribution in [0.15, 0.2) is 27.1 Å². The molecule has 1 atom stereocenters. The van der Waals surface area contributed by atoms with Crippen LogP contribution in [-0.4, -0.2) is 11.2 Å². The van der Waals surface area contributed by atoms with Crippen LogP contribution in [0.25, 0.3) is 11.0 Å². The molecule has 1 aromatic heterocycles. The number of furan rings is 1. The second-order valence-corrected chi connectivity index (χ2v) is 5.62. The van der Waals surface area contributed by atoms with E-state index >= 15 is 0 Å². The van der Waals surface area contributed by atoms with Gasteiger partial charge in [-0.05, 0) is 37.6 Å². The van der Waals surface area contributed by atoms with Crippen LogP contribution in [-0.2, 0) is 11.2 Å². The van der Waals surface area contributed by atoms with Gasteiger partial charge in [0.05, 0.1) is 11.8 Å². The van der Waals surface area contributed by atoms with E-state index in [2.05, 4.69) is 15.9 Å². The summed E-state index contributed by atoms with van der Waals surface area (Å²) in [5, 5.41) is 0.554. The summed E-state index contributed by atoms with van der Waals surface area (Å²) in [5.74, 6) is 0.684. The fraction of sp³-hybridized carbons (Fsp3) is 0.308. The summed E-state index contributed by atoms with van der Waals surface area (Å²) >= 11 is 9.18. The number of carbonyl (C=O) groups excluding carboxylic acids is 1. The number of ketones is 1.